The number of likely N-dealkylation sites (tertiary alicyclic amines) is 2. The Balaban J connectivity index is 1.48. The van der Waals surface area contributed by atoms with Crippen LogP contribution in [0, 0.1) is 0 Å². The molecule has 162 valence electrons. The van der Waals surface area contributed by atoms with E-state index in [0.717, 1.165) is 39.3 Å². The Bertz CT molecular complexity index is 417. The first-order valence-corrected chi connectivity index (χ1v) is 11.4. The zero-order valence-corrected chi connectivity index (χ0v) is 18.0. The van der Waals surface area contributed by atoms with Gasteiger partial charge in [0.25, 0.3) is 0 Å². The van der Waals surface area contributed by atoms with Gasteiger partial charge in [0, 0.05) is 25.9 Å². The van der Waals surface area contributed by atoms with E-state index in [1.165, 1.54) is 38.5 Å². The highest BCUT2D eigenvalue weighted by Gasteiger charge is 2.18. The fourth-order valence-electron chi connectivity index (χ4n) is 4.19. The van der Waals surface area contributed by atoms with E-state index in [0.29, 0.717) is 25.7 Å². The number of carbonyl (C=O) groups excluding carboxylic acids is 2. The molecule has 0 aromatic rings. The minimum Gasteiger partial charge on any atom is -0.461 e. The molecule has 28 heavy (non-hydrogen) atoms. The van der Waals surface area contributed by atoms with Gasteiger partial charge in [0.2, 0.25) is 0 Å². The van der Waals surface area contributed by atoms with Crippen molar-refractivity contribution < 1.29 is 19.1 Å². The van der Waals surface area contributed by atoms with E-state index in [-0.39, 0.29) is 24.1 Å². The summed E-state index contributed by atoms with van der Waals surface area (Å²) < 4.78 is 11.0. The number of unbranched alkanes of at least 4 members (excludes halogenated alkanes) is 1. The predicted octanol–water partition coefficient (Wildman–Crippen LogP) is 3.38. The number of rotatable bonds is 11. The Morgan fingerprint density at radius 3 is 1.39 bits per heavy atom. The van der Waals surface area contributed by atoms with Crippen LogP contribution in [0.2, 0.25) is 0 Å². The number of hydrogen-bond acceptors (Lipinski definition) is 6. The minimum absolute atomic E-state index is 0.0637. The molecule has 0 bridgehead atoms. The minimum atomic E-state index is -0.156. The maximum atomic E-state index is 12.0. The van der Waals surface area contributed by atoms with Gasteiger partial charge in [-0.05, 0) is 78.6 Å². The average Bonchev–Trinajstić information content (AvgIpc) is 2.66. The van der Waals surface area contributed by atoms with E-state index in [1.807, 2.05) is 13.8 Å². The summed E-state index contributed by atoms with van der Waals surface area (Å²) in [5, 5.41) is 0. The van der Waals surface area contributed by atoms with Gasteiger partial charge < -0.3 is 9.47 Å². The summed E-state index contributed by atoms with van der Waals surface area (Å²) in [4.78, 5) is 28.7. The number of esters is 2. The second-order valence-corrected chi connectivity index (χ2v) is 8.53. The van der Waals surface area contributed by atoms with Gasteiger partial charge in [-0.1, -0.05) is 12.8 Å². The molecule has 6 nitrogen and oxygen atoms in total. The van der Waals surface area contributed by atoms with Crippen LogP contribution in [0.5, 0.6) is 0 Å². The fourth-order valence-corrected chi connectivity index (χ4v) is 4.19. The van der Waals surface area contributed by atoms with Crippen molar-refractivity contribution in [1.29, 1.82) is 0 Å². The standard InChI is InChI=1S/C22H40N2O4/c1-19(17-23-13-7-3-8-14-23)27-21(25)11-5-6-12-22(26)28-20(2)18-24-15-9-4-10-16-24/h19-20H,3-18H2,1-2H3/t19-,20-/m0/s1. The van der Waals surface area contributed by atoms with Crippen molar-refractivity contribution in [3.05, 3.63) is 0 Å². The second kappa shape index (κ2) is 13.2. The smallest absolute Gasteiger partial charge is 0.306 e. The summed E-state index contributed by atoms with van der Waals surface area (Å²) in [6, 6.07) is 0. The Hall–Kier alpha value is -1.14. The third-order valence-corrected chi connectivity index (χ3v) is 5.61. The molecule has 0 aliphatic carbocycles. The zero-order chi connectivity index (χ0) is 20.2. The van der Waals surface area contributed by atoms with Gasteiger partial charge in [-0.3, -0.25) is 19.4 Å². The molecule has 0 saturated carbocycles. The lowest BCUT2D eigenvalue weighted by molar-refractivity contribution is -0.151. The molecule has 0 amide bonds. The molecule has 2 aliphatic rings. The van der Waals surface area contributed by atoms with Crippen LogP contribution in [0.15, 0.2) is 0 Å². The molecular formula is C22H40N2O4. The SMILES string of the molecule is C[C@@H](CN1CCCCC1)OC(=O)CCCCC(=O)O[C@@H](C)CN1CCCCC1. The molecule has 6 heteroatoms. The number of piperidine rings is 2. The van der Waals surface area contributed by atoms with Crippen molar-refractivity contribution >= 4 is 11.9 Å². The normalized spacial score (nSPS) is 21.1. The van der Waals surface area contributed by atoms with E-state index in [1.54, 1.807) is 0 Å². The lowest BCUT2D eigenvalue weighted by Crippen LogP contribution is -2.37. The molecule has 2 atom stereocenters. The molecule has 2 heterocycles. The molecule has 2 rings (SSSR count). The van der Waals surface area contributed by atoms with Crippen LogP contribution in [0.4, 0.5) is 0 Å². The Morgan fingerprint density at radius 1 is 0.679 bits per heavy atom. The van der Waals surface area contributed by atoms with Crippen LogP contribution < -0.4 is 0 Å². The highest BCUT2D eigenvalue weighted by atomic mass is 16.5. The third kappa shape index (κ3) is 9.87. The van der Waals surface area contributed by atoms with Crippen molar-refractivity contribution in [2.24, 2.45) is 0 Å². The van der Waals surface area contributed by atoms with E-state index in [2.05, 4.69) is 9.80 Å². The summed E-state index contributed by atoms with van der Waals surface area (Å²) in [5.41, 5.74) is 0. The maximum absolute atomic E-state index is 12.0. The Morgan fingerprint density at radius 2 is 1.04 bits per heavy atom. The highest BCUT2D eigenvalue weighted by molar-refractivity contribution is 5.70. The fraction of sp³-hybridized carbons (Fsp3) is 0.909. The molecule has 0 radical (unpaired) electrons. The monoisotopic (exact) mass is 396 g/mol. The second-order valence-electron chi connectivity index (χ2n) is 8.53. The molecular weight excluding hydrogens is 356 g/mol. The van der Waals surface area contributed by atoms with Crippen molar-refractivity contribution in [3.8, 4) is 0 Å². The zero-order valence-electron chi connectivity index (χ0n) is 18.0. The maximum Gasteiger partial charge on any atom is 0.306 e. The number of carbonyl (C=O) groups is 2. The molecule has 0 aromatic carbocycles. The molecule has 0 spiro atoms. The highest BCUT2D eigenvalue weighted by Crippen LogP contribution is 2.12. The van der Waals surface area contributed by atoms with Crippen LogP contribution in [0.25, 0.3) is 0 Å². The average molecular weight is 397 g/mol. The molecule has 0 unspecified atom stereocenters. The summed E-state index contributed by atoms with van der Waals surface area (Å²) in [6.07, 6.45) is 9.56. The summed E-state index contributed by atoms with van der Waals surface area (Å²) in [5.74, 6) is -0.312. The molecule has 0 N–H and O–H groups in total. The lowest BCUT2D eigenvalue weighted by Gasteiger charge is -2.28. The van der Waals surface area contributed by atoms with Gasteiger partial charge in [0.1, 0.15) is 12.2 Å². The van der Waals surface area contributed by atoms with Crippen molar-refractivity contribution in [2.45, 2.75) is 90.3 Å². The molecule has 0 aromatic heterocycles. The van der Waals surface area contributed by atoms with E-state index in [9.17, 15) is 9.59 Å². The topological polar surface area (TPSA) is 59.1 Å². The van der Waals surface area contributed by atoms with Gasteiger partial charge in [0.05, 0.1) is 0 Å². The first-order valence-electron chi connectivity index (χ1n) is 11.4. The molecule has 2 saturated heterocycles. The van der Waals surface area contributed by atoms with Crippen LogP contribution >= 0.6 is 0 Å². The number of hydrogen-bond donors (Lipinski definition) is 0. The number of nitrogens with zero attached hydrogens (tertiary/aromatic N) is 2. The number of ether oxygens (including phenoxy) is 2. The Labute approximate surface area is 170 Å². The Kier molecular flexibility index (Phi) is 10.9. The molecule has 2 aliphatic heterocycles. The molecule has 2 fully saturated rings. The van der Waals surface area contributed by atoms with Crippen molar-refractivity contribution in [2.75, 3.05) is 39.3 Å². The first kappa shape index (κ1) is 23.1. The van der Waals surface area contributed by atoms with Gasteiger partial charge in [0.15, 0.2) is 0 Å². The lowest BCUT2D eigenvalue weighted by atomic mass is 10.1. The first-order chi connectivity index (χ1) is 13.5. The van der Waals surface area contributed by atoms with E-state index in [4.69, 9.17) is 9.47 Å². The predicted molar refractivity (Wildman–Crippen MR) is 110 cm³/mol. The largest absolute Gasteiger partial charge is 0.461 e. The van der Waals surface area contributed by atoms with Gasteiger partial charge in [-0.25, -0.2) is 0 Å². The van der Waals surface area contributed by atoms with Gasteiger partial charge >= 0.3 is 11.9 Å². The summed E-state index contributed by atoms with van der Waals surface area (Å²) in [6.45, 7) is 10.0. The van der Waals surface area contributed by atoms with E-state index >= 15 is 0 Å². The van der Waals surface area contributed by atoms with E-state index < -0.39 is 0 Å². The van der Waals surface area contributed by atoms with Crippen LogP contribution in [0.1, 0.15) is 78.1 Å². The van der Waals surface area contributed by atoms with Crippen LogP contribution in [-0.2, 0) is 19.1 Å². The third-order valence-electron chi connectivity index (χ3n) is 5.61. The quantitative estimate of drug-likeness (QED) is 0.394. The van der Waals surface area contributed by atoms with Gasteiger partial charge in [-0.15, -0.1) is 0 Å². The van der Waals surface area contributed by atoms with Crippen molar-refractivity contribution in [3.63, 3.8) is 0 Å². The van der Waals surface area contributed by atoms with Crippen LogP contribution in [-0.4, -0.2) is 73.2 Å². The van der Waals surface area contributed by atoms with Crippen molar-refractivity contribution in [1.82, 2.24) is 9.80 Å². The van der Waals surface area contributed by atoms with Gasteiger partial charge in [-0.2, -0.15) is 0 Å². The van der Waals surface area contributed by atoms with Crippen LogP contribution in [0.3, 0.4) is 0 Å². The summed E-state index contributed by atoms with van der Waals surface area (Å²) in [7, 11) is 0. The summed E-state index contributed by atoms with van der Waals surface area (Å²) >= 11 is 0.